The first-order valence-electron chi connectivity index (χ1n) is 8.87. The van der Waals surface area contributed by atoms with Crippen LogP contribution in [0.5, 0.6) is 17.2 Å². The van der Waals surface area contributed by atoms with E-state index in [4.69, 9.17) is 9.47 Å². The lowest BCUT2D eigenvalue weighted by Crippen LogP contribution is -2.30. The Hall–Kier alpha value is -2.83. The molecule has 1 atom stereocenters. The van der Waals surface area contributed by atoms with Crippen molar-refractivity contribution in [3.8, 4) is 17.2 Å². The molecule has 0 bridgehead atoms. The first kappa shape index (κ1) is 17.6. The predicted molar refractivity (Wildman–Crippen MR) is 93.5 cm³/mol. The van der Waals surface area contributed by atoms with Crippen molar-refractivity contribution in [1.29, 1.82) is 0 Å². The number of fused-ring (bicyclic) bond motifs is 1. The van der Waals surface area contributed by atoms with E-state index in [1.807, 2.05) is 18.2 Å². The van der Waals surface area contributed by atoms with Gasteiger partial charge in [0, 0.05) is 12.1 Å². The molecule has 1 saturated heterocycles. The molecule has 7 heteroatoms. The molecule has 0 spiro atoms. The van der Waals surface area contributed by atoms with Gasteiger partial charge < -0.3 is 19.1 Å². The van der Waals surface area contributed by atoms with Crippen LogP contribution in [-0.4, -0.2) is 37.2 Å². The molecule has 0 saturated carbocycles. The number of hydrogen-bond donors (Lipinski definition) is 0. The molecule has 142 valence electrons. The summed E-state index contributed by atoms with van der Waals surface area (Å²) in [7, 11) is 0. The fourth-order valence-electron chi connectivity index (χ4n) is 3.59. The van der Waals surface area contributed by atoms with Crippen molar-refractivity contribution in [2.75, 3.05) is 19.8 Å². The zero-order valence-electron chi connectivity index (χ0n) is 14.6. The van der Waals surface area contributed by atoms with Gasteiger partial charge in [0.2, 0.25) is 0 Å². The van der Waals surface area contributed by atoms with Crippen molar-refractivity contribution in [1.82, 2.24) is 4.90 Å². The minimum Gasteiger partial charge on any atom is -0.486 e. The number of benzene rings is 2. The Morgan fingerprint density at radius 2 is 1.93 bits per heavy atom. The maximum absolute atomic E-state index is 13.0. The molecule has 4 rings (SSSR count). The SMILES string of the molecule is O=C(c1cccc(OC(F)F)c1)N1CCCC1c1ccc2c(c1)OCCO2. The quantitative estimate of drug-likeness (QED) is 0.809. The van der Waals surface area contributed by atoms with Crippen molar-refractivity contribution >= 4 is 5.91 Å². The largest absolute Gasteiger partial charge is 0.486 e. The van der Waals surface area contributed by atoms with Crippen LogP contribution in [0.3, 0.4) is 0 Å². The molecular weight excluding hydrogens is 356 g/mol. The van der Waals surface area contributed by atoms with Crippen LogP contribution in [0.1, 0.15) is 34.8 Å². The lowest BCUT2D eigenvalue weighted by atomic mass is 10.0. The minimum atomic E-state index is -2.92. The fourth-order valence-corrected chi connectivity index (χ4v) is 3.59. The fraction of sp³-hybridized carbons (Fsp3) is 0.350. The number of rotatable bonds is 4. The van der Waals surface area contributed by atoms with Gasteiger partial charge in [0.25, 0.3) is 5.91 Å². The number of nitrogens with zero attached hydrogens (tertiary/aromatic N) is 1. The molecule has 1 fully saturated rings. The van der Waals surface area contributed by atoms with Crippen LogP contribution in [0, 0.1) is 0 Å². The molecule has 2 heterocycles. The standard InChI is InChI=1S/C20H19F2NO4/c21-20(22)27-15-4-1-3-14(11-15)19(24)23-8-2-5-16(23)13-6-7-17-18(12-13)26-10-9-25-17/h1,3-4,6-7,11-12,16,20H,2,5,8-10H2. The van der Waals surface area contributed by atoms with Gasteiger partial charge in [0.1, 0.15) is 19.0 Å². The molecule has 2 aliphatic heterocycles. The average molecular weight is 375 g/mol. The number of amides is 1. The number of halogens is 2. The number of alkyl halides is 2. The smallest absolute Gasteiger partial charge is 0.387 e. The second-order valence-corrected chi connectivity index (χ2v) is 6.47. The van der Waals surface area contributed by atoms with Crippen molar-refractivity contribution < 1.29 is 27.8 Å². The summed E-state index contributed by atoms with van der Waals surface area (Å²) in [6.07, 6.45) is 1.71. The molecule has 5 nitrogen and oxygen atoms in total. The number of carbonyl (C=O) groups excluding carboxylic acids is 1. The summed E-state index contributed by atoms with van der Waals surface area (Å²) < 4.78 is 40.5. The highest BCUT2D eigenvalue weighted by Gasteiger charge is 2.31. The third-order valence-corrected chi connectivity index (χ3v) is 4.77. The Morgan fingerprint density at radius 1 is 1.11 bits per heavy atom. The van der Waals surface area contributed by atoms with Gasteiger partial charge in [-0.3, -0.25) is 4.79 Å². The van der Waals surface area contributed by atoms with E-state index in [9.17, 15) is 13.6 Å². The van der Waals surface area contributed by atoms with Crippen LogP contribution in [0.15, 0.2) is 42.5 Å². The summed E-state index contributed by atoms with van der Waals surface area (Å²) in [6, 6.07) is 11.6. The summed E-state index contributed by atoms with van der Waals surface area (Å²) in [4.78, 5) is 14.8. The van der Waals surface area contributed by atoms with E-state index in [0.29, 0.717) is 36.8 Å². The summed E-state index contributed by atoms with van der Waals surface area (Å²) >= 11 is 0. The van der Waals surface area contributed by atoms with E-state index < -0.39 is 6.61 Å². The zero-order valence-corrected chi connectivity index (χ0v) is 14.6. The maximum Gasteiger partial charge on any atom is 0.387 e. The normalized spacial score (nSPS) is 18.6. The van der Waals surface area contributed by atoms with Gasteiger partial charge >= 0.3 is 6.61 Å². The average Bonchev–Trinajstić information content (AvgIpc) is 3.16. The Balaban J connectivity index is 1.57. The third-order valence-electron chi connectivity index (χ3n) is 4.77. The lowest BCUT2D eigenvalue weighted by Gasteiger charge is -2.27. The van der Waals surface area contributed by atoms with Gasteiger partial charge in [-0.2, -0.15) is 8.78 Å². The number of ether oxygens (including phenoxy) is 3. The van der Waals surface area contributed by atoms with E-state index >= 15 is 0 Å². The first-order valence-corrected chi connectivity index (χ1v) is 8.87. The Labute approximate surface area is 155 Å². The van der Waals surface area contributed by atoms with Gasteiger partial charge in [-0.1, -0.05) is 12.1 Å². The van der Waals surface area contributed by atoms with Crippen molar-refractivity contribution in [2.24, 2.45) is 0 Å². The molecular formula is C20H19F2NO4. The second kappa shape index (κ2) is 7.42. The van der Waals surface area contributed by atoms with Gasteiger partial charge in [0.15, 0.2) is 11.5 Å². The van der Waals surface area contributed by atoms with E-state index in [1.54, 1.807) is 17.0 Å². The maximum atomic E-state index is 13.0. The second-order valence-electron chi connectivity index (χ2n) is 6.47. The summed E-state index contributed by atoms with van der Waals surface area (Å²) in [5.41, 5.74) is 1.31. The van der Waals surface area contributed by atoms with Crippen LogP contribution >= 0.6 is 0 Å². The minimum absolute atomic E-state index is 0.0223. The molecule has 0 N–H and O–H groups in total. The van der Waals surface area contributed by atoms with Crippen LogP contribution in [0.4, 0.5) is 8.78 Å². The number of likely N-dealkylation sites (tertiary alicyclic amines) is 1. The highest BCUT2D eigenvalue weighted by atomic mass is 19.3. The molecule has 2 aromatic rings. The highest BCUT2D eigenvalue weighted by Crippen LogP contribution is 2.38. The molecule has 1 amide bonds. The molecule has 0 aromatic heterocycles. The van der Waals surface area contributed by atoms with E-state index in [-0.39, 0.29) is 17.7 Å². The van der Waals surface area contributed by atoms with Crippen LogP contribution in [0.2, 0.25) is 0 Å². The monoisotopic (exact) mass is 375 g/mol. The van der Waals surface area contributed by atoms with E-state index in [0.717, 1.165) is 18.4 Å². The summed E-state index contributed by atoms with van der Waals surface area (Å²) in [6.45, 7) is -1.29. The Kier molecular flexibility index (Phi) is 4.83. The van der Waals surface area contributed by atoms with E-state index in [2.05, 4.69) is 4.74 Å². The topological polar surface area (TPSA) is 48.0 Å². The van der Waals surface area contributed by atoms with Crippen LogP contribution in [0.25, 0.3) is 0 Å². The Bertz CT molecular complexity index is 842. The predicted octanol–water partition coefficient (Wildman–Crippen LogP) is 4.04. The molecule has 2 aromatic carbocycles. The van der Waals surface area contributed by atoms with Crippen molar-refractivity contribution in [2.45, 2.75) is 25.5 Å². The van der Waals surface area contributed by atoms with Crippen molar-refractivity contribution in [3.63, 3.8) is 0 Å². The third kappa shape index (κ3) is 3.67. The van der Waals surface area contributed by atoms with Gasteiger partial charge in [0.05, 0.1) is 6.04 Å². The zero-order chi connectivity index (χ0) is 18.8. The summed E-state index contributed by atoms with van der Waals surface area (Å²) in [5, 5.41) is 0. The molecule has 2 aliphatic rings. The van der Waals surface area contributed by atoms with Crippen LogP contribution in [-0.2, 0) is 0 Å². The van der Waals surface area contributed by atoms with Gasteiger partial charge in [-0.05, 0) is 48.7 Å². The van der Waals surface area contributed by atoms with Gasteiger partial charge in [-0.25, -0.2) is 0 Å². The Morgan fingerprint density at radius 3 is 2.74 bits per heavy atom. The molecule has 0 aliphatic carbocycles. The highest BCUT2D eigenvalue weighted by molar-refractivity contribution is 5.95. The number of hydrogen-bond acceptors (Lipinski definition) is 4. The van der Waals surface area contributed by atoms with Crippen molar-refractivity contribution in [3.05, 3.63) is 53.6 Å². The molecule has 27 heavy (non-hydrogen) atoms. The molecule has 0 radical (unpaired) electrons. The lowest BCUT2D eigenvalue weighted by molar-refractivity contribution is -0.0499. The van der Waals surface area contributed by atoms with Crippen LogP contribution < -0.4 is 14.2 Å². The molecule has 1 unspecified atom stereocenters. The first-order chi connectivity index (χ1) is 13.1. The summed E-state index contributed by atoms with van der Waals surface area (Å²) in [5.74, 6) is 1.17. The van der Waals surface area contributed by atoms with Gasteiger partial charge in [-0.15, -0.1) is 0 Å². The number of carbonyl (C=O) groups is 1. The van der Waals surface area contributed by atoms with E-state index in [1.165, 1.54) is 12.1 Å².